The third kappa shape index (κ3) is 5.05. The molecule has 0 aliphatic carbocycles. The summed E-state index contributed by atoms with van der Waals surface area (Å²) in [6, 6.07) is 6.07. The van der Waals surface area contributed by atoms with Gasteiger partial charge in [0, 0.05) is 36.2 Å². The number of thiazole rings is 1. The van der Waals surface area contributed by atoms with E-state index in [1.54, 1.807) is 5.51 Å². The van der Waals surface area contributed by atoms with E-state index in [1.807, 2.05) is 46.0 Å². The largest absolute Gasteiger partial charge is 0.351 e. The summed E-state index contributed by atoms with van der Waals surface area (Å²) in [6.45, 7) is 6.56. The molecule has 7 heteroatoms. The maximum atomic E-state index is 12.5. The van der Waals surface area contributed by atoms with E-state index in [2.05, 4.69) is 20.5 Å². The number of likely N-dealkylation sites (N-methyl/N-ethyl adjacent to an activating group) is 1. The van der Waals surface area contributed by atoms with Crippen molar-refractivity contribution in [2.24, 2.45) is 0 Å². The van der Waals surface area contributed by atoms with Gasteiger partial charge in [0.15, 0.2) is 0 Å². The van der Waals surface area contributed by atoms with Gasteiger partial charge in [-0.3, -0.25) is 14.5 Å². The molecule has 1 aromatic heterocycles. The molecule has 1 aromatic carbocycles. The van der Waals surface area contributed by atoms with Crippen molar-refractivity contribution >= 4 is 33.4 Å². The van der Waals surface area contributed by atoms with Crippen molar-refractivity contribution in [1.82, 2.24) is 20.5 Å². The fourth-order valence-electron chi connectivity index (χ4n) is 3.57. The Balaban J connectivity index is 1.51. The highest BCUT2D eigenvalue weighted by atomic mass is 32.1. The van der Waals surface area contributed by atoms with Crippen molar-refractivity contribution in [3.8, 4) is 0 Å². The molecule has 0 radical (unpaired) electrons. The van der Waals surface area contributed by atoms with E-state index >= 15 is 0 Å². The van der Waals surface area contributed by atoms with Crippen LogP contribution >= 0.6 is 11.3 Å². The molecule has 0 bridgehead atoms. The molecule has 1 aliphatic rings. The van der Waals surface area contributed by atoms with E-state index in [0.717, 1.165) is 23.1 Å². The maximum Gasteiger partial charge on any atom is 0.251 e. The summed E-state index contributed by atoms with van der Waals surface area (Å²) in [4.78, 5) is 31.1. The minimum atomic E-state index is -0.208. The highest BCUT2D eigenvalue weighted by Crippen LogP contribution is 2.24. The molecule has 6 nitrogen and oxygen atoms in total. The summed E-state index contributed by atoms with van der Waals surface area (Å²) in [6.07, 6.45) is 2.46. The van der Waals surface area contributed by atoms with Crippen LogP contribution in [0, 0.1) is 0 Å². The Morgan fingerprint density at radius 2 is 2.00 bits per heavy atom. The van der Waals surface area contributed by atoms with E-state index in [0.29, 0.717) is 18.5 Å². The summed E-state index contributed by atoms with van der Waals surface area (Å²) >= 11 is 1.54. The molecule has 2 atom stereocenters. The van der Waals surface area contributed by atoms with Crippen molar-refractivity contribution in [3.63, 3.8) is 0 Å². The lowest BCUT2D eigenvalue weighted by atomic mass is 10.1. The minimum Gasteiger partial charge on any atom is -0.351 e. The molecule has 27 heavy (non-hydrogen) atoms. The Morgan fingerprint density at radius 1 is 1.26 bits per heavy atom. The van der Waals surface area contributed by atoms with Crippen LogP contribution in [0.3, 0.4) is 0 Å². The van der Waals surface area contributed by atoms with E-state index in [1.165, 1.54) is 11.3 Å². The number of hydrogen-bond donors (Lipinski definition) is 2. The molecule has 1 saturated heterocycles. The van der Waals surface area contributed by atoms with E-state index in [9.17, 15) is 9.59 Å². The number of amides is 2. The molecule has 2 amide bonds. The number of aromatic nitrogens is 1. The van der Waals surface area contributed by atoms with Crippen LogP contribution in [-0.2, 0) is 4.79 Å². The molecule has 1 fully saturated rings. The Bertz CT molecular complexity index is 827. The van der Waals surface area contributed by atoms with Gasteiger partial charge in [0.25, 0.3) is 5.91 Å². The Kier molecular flexibility index (Phi) is 5.81. The molecule has 1 aliphatic heterocycles. The number of nitrogens with one attached hydrogen (secondary N) is 2. The maximum absolute atomic E-state index is 12.5. The highest BCUT2D eigenvalue weighted by molar-refractivity contribution is 7.16. The van der Waals surface area contributed by atoms with E-state index < -0.39 is 0 Å². The molecule has 146 valence electrons. The SMILES string of the molecule is CN1[C@@H](CC(=O)NC(C)(C)C)CC[C@H]1CNC(=O)c1ccc2ncsc2c1. The summed E-state index contributed by atoms with van der Waals surface area (Å²) < 4.78 is 1.02. The van der Waals surface area contributed by atoms with Crippen molar-refractivity contribution in [1.29, 1.82) is 0 Å². The Labute approximate surface area is 164 Å². The summed E-state index contributed by atoms with van der Waals surface area (Å²) in [5.41, 5.74) is 3.16. The number of carbonyl (C=O) groups excluding carboxylic acids is 2. The van der Waals surface area contributed by atoms with Crippen LogP contribution in [0.1, 0.15) is 50.4 Å². The number of likely N-dealkylation sites (tertiary alicyclic amines) is 1. The van der Waals surface area contributed by atoms with Gasteiger partial charge in [-0.15, -0.1) is 11.3 Å². The molecular formula is C20H28N4O2S. The normalized spacial score (nSPS) is 20.7. The third-order valence-corrected chi connectivity index (χ3v) is 5.80. The molecule has 2 N–H and O–H groups in total. The van der Waals surface area contributed by atoms with Crippen LogP contribution < -0.4 is 10.6 Å². The monoisotopic (exact) mass is 388 g/mol. The van der Waals surface area contributed by atoms with Crippen molar-refractivity contribution < 1.29 is 9.59 Å². The van der Waals surface area contributed by atoms with E-state index in [-0.39, 0.29) is 29.4 Å². The number of nitrogens with zero attached hydrogens (tertiary/aromatic N) is 2. The first-order chi connectivity index (χ1) is 12.7. The second kappa shape index (κ2) is 7.94. The second-order valence-corrected chi connectivity index (χ2v) is 9.18. The van der Waals surface area contributed by atoms with Gasteiger partial charge >= 0.3 is 0 Å². The van der Waals surface area contributed by atoms with Gasteiger partial charge in [-0.1, -0.05) is 0 Å². The first kappa shape index (κ1) is 19.8. The number of hydrogen-bond acceptors (Lipinski definition) is 5. The second-order valence-electron chi connectivity index (χ2n) is 8.30. The Morgan fingerprint density at radius 3 is 2.74 bits per heavy atom. The first-order valence-electron chi connectivity index (χ1n) is 9.37. The van der Waals surface area contributed by atoms with Gasteiger partial charge in [0.2, 0.25) is 5.91 Å². The zero-order chi connectivity index (χ0) is 19.6. The quantitative estimate of drug-likeness (QED) is 0.826. The number of rotatable bonds is 5. The van der Waals surface area contributed by atoms with Crippen LogP contribution in [0.2, 0.25) is 0 Å². The standard InChI is InChI=1S/C20H28N4O2S/c1-20(2,3)23-18(25)10-14-6-7-15(24(14)4)11-21-19(26)13-5-8-16-17(9-13)27-12-22-16/h5,8-9,12,14-15H,6-7,10-11H2,1-4H3,(H,21,26)(H,23,25)/t14-,15+/m1/s1. The Hall–Kier alpha value is -1.99. The fourth-order valence-corrected chi connectivity index (χ4v) is 4.29. The van der Waals surface area contributed by atoms with Gasteiger partial charge in [0.05, 0.1) is 15.7 Å². The molecule has 3 rings (SSSR count). The molecule has 0 saturated carbocycles. The molecule has 0 spiro atoms. The van der Waals surface area contributed by atoms with Gasteiger partial charge in [-0.05, 0) is 58.9 Å². The zero-order valence-corrected chi connectivity index (χ0v) is 17.2. The van der Waals surface area contributed by atoms with Crippen LogP contribution in [0.15, 0.2) is 23.7 Å². The van der Waals surface area contributed by atoms with Gasteiger partial charge in [0.1, 0.15) is 0 Å². The van der Waals surface area contributed by atoms with Crippen LogP contribution in [0.5, 0.6) is 0 Å². The molecule has 0 unspecified atom stereocenters. The number of carbonyl (C=O) groups is 2. The average molecular weight is 389 g/mol. The number of fused-ring (bicyclic) bond motifs is 1. The smallest absolute Gasteiger partial charge is 0.251 e. The van der Waals surface area contributed by atoms with Crippen molar-refractivity contribution in [2.45, 2.75) is 57.7 Å². The molecule has 2 aromatic rings. The topological polar surface area (TPSA) is 74.3 Å². The van der Waals surface area contributed by atoms with Crippen LogP contribution in [0.4, 0.5) is 0 Å². The average Bonchev–Trinajstić information content (AvgIpc) is 3.18. The lowest BCUT2D eigenvalue weighted by Crippen LogP contribution is -2.45. The van der Waals surface area contributed by atoms with Gasteiger partial charge in [-0.25, -0.2) is 4.98 Å². The van der Waals surface area contributed by atoms with E-state index in [4.69, 9.17) is 0 Å². The van der Waals surface area contributed by atoms with Crippen molar-refractivity contribution in [3.05, 3.63) is 29.3 Å². The third-order valence-electron chi connectivity index (χ3n) is 5.01. The minimum absolute atomic E-state index is 0.0624. The fraction of sp³-hybridized carbons (Fsp3) is 0.550. The zero-order valence-electron chi connectivity index (χ0n) is 16.4. The predicted molar refractivity (Wildman–Crippen MR) is 109 cm³/mol. The van der Waals surface area contributed by atoms with Crippen LogP contribution in [0.25, 0.3) is 10.2 Å². The molecular weight excluding hydrogens is 360 g/mol. The molecule has 2 heterocycles. The predicted octanol–water partition coefficient (Wildman–Crippen LogP) is 2.79. The first-order valence-corrected chi connectivity index (χ1v) is 10.3. The van der Waals surface area contributed by atoms with Gasteiger partial charge < -0.3 is 10.6 Å². The summed E-state index contributed by atoms with van der Waals surface area (Å²) in [5.74, 6) is 0.0227. The lowest BCUT2D eigenvalue weighted by Gasteiger charge is -2.27. The van der Waals surface area contributed by atoms with Crippen LogP contribution in [-0.4, -0.2) is 52.9 Å². The summed E-state index contributed by atoms with van der Waals surface area (Å²) in [7, 11) is 2.04. The lowest BCUT2D eigenvalue weighted by molar-refractivity contribution is -0.123. The number of benzene rings is 1. The highest BCUT2D eigenvalue weighted by Gasteiger charge is 2.32. The van der Waals surface area contributed by atoms with Gasteiger partial charge in [-0.2, -0.15) is 0 Å². The van der Waals surface area contributed by atoms with Crippen molar-refractivity contribution in [2.75, 3.05) is 13.6 Å². The summed E-state index contributed by atoms with van der Waals surface area (Å²) in [5, 5.41) is 6.07.